The van der Waals surface area contributed by atoms with Gasteiger partial charge in [-0.15, -0.1) is 12.1 Å². The van der Waals surface area contributed by atoms with E-state index >= 15 is 0 Å². The van der Waals surface area contributed by atoms with E-state index in [0.29, 0.717) is 17.9 Å². The van der Waals surface area contributed by atoms with Crippen molar-refractivity contribution < 1.29 is 26.6 Å². The standard InChI is InChI=1S/C22H19O2.C5H5.Fe/c1-17-11-14-22(24-16-19-9-3-2-4-10-19)20(15-17)21(23)13-12-18-7-5-6-8-18;1-2-4-5-3-1;/h2-15H,16H2,1H3;1-5H;/q2*-1;+2. The quantitative estimate of drug-likeness (QED) is 0.148. The van der Waals surface area contributed by atoms with Crippen LogP contribution in [0.1, 0.15) is 27.0 Å². The molecule has 152 valence electrons. The van der Waals surface area contributed by atoms with E-state index in [1.54, 1.807) is 6.08 Å². The van der Waals surface area contributed by atoms with Gasteiger partial charge >= 0.3 is 17.1 Å². The van der Waals surface area contributed by atoms with E-state index in [1.807, 2.05) is 116 Å². The van der Waals surface area contributed by atoms with Gasteiger partial charge in [-0.3, -0.25) is 4.79 Å². The molecule has 3 heteroatoms. The van der Waals surface area contributed by atoms with Gasteiger partial charge in [-0.05, 0) is 24.6 Å². The maximum atomic E-state index is 12.6. The Labute approximate surface area is 189 Å². The zero-order chi connectivity index (χ0) is 20.3. The fourth-order valence-electron chi connectivity index (χ4n) is 2.78. The Morgan fingerprint density at radius 2 is 1.70 bits per heavy atom. The summed E-state index contributed by atoms with van der Waals surface area (Å²) in [4.78, 5) is 12.6. The fourth-order valence-corrected chi connectivity index (χ4v) is 2.78. The maximum absolute atomic E-state index is 12.6. The first-order valence-corrected chi connectivity index (χ1v) is 9.60. The van der Waals surface area contributed by atoms with Crippen LogP contribution in [0, 0.1) is 6.92 Å². The number of carbonyl (C=O) groups is 1. The molecule has 0 aromatic heterocycles. The predicted octanol–water partition coefficient (Wildman–Crippen LogP) is 6.59. The fraction of sp³-hybridized carbons (Fsp3) is 0.0741. The average molecular weight is 436 g/mol. The molecule has 4 aromatic carbocycles. The van der Waals surface area contributed by atoms with Crippen LogP contribution in [0.5, 0.6) is 5.75 Å². The van der Waals surface area contributed by atoms with E-state index in [4.69, 9.17) is 4.74 Å². The zero-order valence-corrected chi connectivity index (χ0v) is 18.0. The van der Waals surface area contributed by atoms with Crippen molar-refractivity contribution >= 4 is 11.9 Å². The van der Waals surface area contributed by atoms with Gasteiger partial charge in [0.2, 0.25) is 0 Å². The summed E-state index contributed by atoms with van der Waals surface area (Å²) < 4.78 is 5.88. The molecule has 4 rings (SSSR count). The van der Waals surface area contributed by atoms with Gasteiger partial charge in [-0.25, -0.2) is 12.1 Å². The number of allylic oxidation sites excluding steroid dienone is 1. The van der Waals surface area contributed by atoms with E-state index in [9.17, 15) is 4.79 Å². The largest absolute Gasteiger partial charge is 2.00 e. The Kier molecular flexibility index (Phi) is 9.60. The maximum Gasteiger partial charge on any atom is 2.00 e. The molecule has 30 heavy (non-hydrogen) atoms. The molecule has 0 aliphatic carbocycles. The molecule has 2 nitrogen and oxygen atoms in total. The van der Waals surface area contributed by atoms with Crippen LogP contribution < -0.4 is 4.74 Å². The Balaban J connectivity index is 0.000000468. The van der Waals surface area contributed by atoms with E-state index in [0.717, 1.165) is 16.7 Å². The molecular formula is C27H24FeO2. The molecule has 0 fully saturated rings. The number of benzene rings is 2. The van der Waals surface area contributed by atoms with E-state index in [-0.39, 0.29) is 22.9 Å². The number of carbonyl (C=O) groups excluding carboxylic acids is 1. The Morgan fingerprint density at radius 3 is 2.33 bits per heavy atom. The van der Waals surface area contributed by atoms with E-state index in [2.05, 4.69) is 0 Å². The summed E-state index contributed by atoms with van der Waals surface area (Å²) in [7, 11) is 0. The summed E-state index contributed by atoms with van der Waals surface area (Å²) in [5.41, 5.74) is 3.72. The molecule has 0 saturated carbocycles. The second kappa shape index (κ2) is 12.4. The summed E-state index contributed by atoms with van der Waals surface area (Å²) >= 11 is 0. The third-order valence-electron chi connectivity index (χ3n) is 4.31. The SMILES string of the molecule is Cc1ccc(OCc2ccccc2)c(C(=O)C=Cc2ccc[cH-]2)c1.[Fe+2].c1cc[cH-]c1. The number of rotatable bonds is 6. The molecule has 4 aromatic rings. The Morgan fingerprint density at radius 1 is 0.933 bits per heavy atom. The van der Waals surface area contributed by atoms with Crippen LogP contribution in [0.2, 0.25) is 0 Å². The van der Waals surface area contributed by atoms with E-state index in [1.165, 1.54) is 0 Å². The molecule has 0 atom stereocenters. The van der Waals surface area contributed by atoms with Gasteiger partial charge in [-0.2, -0.15) is 42.0 Å². The minimum Gasteiger partial charge on any atom is -0.488 e. The van der Waals surface area contributed by atoms with Crippen LogP contribution in [-0.2, 0) is 23.7 Å². The monoisotopic (exact) mass is 436 g/mol. The third kappa shape index (κ3) is 7.36. The Bertz CT molecular complexity index is 997. The number of aryl methyl sites for hydroxylation is 1. The second-order valence-electron chi connectivity index (χ2n) is 6.65. The van der Waals surface area contributed by atoms with Gasteiger partial charge in [0, 0.05) is 0 Å². The first kappa shape index (κ1) is 23.2. The van der Waals surface area contributed by atoms with Crippen LogP contribution >= 0.6 is 0 Å². The van der Waals surface area contributed by atoms with Crippen LogP contribution in [0.4, 0.5) is 0 Å². The molecule has 0 aliphatic heterocycles. The summed E-state index contributed by atoms with van der Waals surface area (Å²) in [6, 6.07) is 33.5. The van der Waals surface area contributed by atoms with Crippen molar-refractivity contribution in [3.05, 3.63) is 131 Å². The van der Waals surface area contributed by atoms with Crippen LogP contribution in [0.15, 0.2) is 109 Å². The number of ether oxygens (including phenoxy) is 1. The topological polar surface area (TPSA) is 26.3 Å². The number of hydrogen-bond donors (Lipinski definition) is 0. The van der Waals surface area contributed by atoms with Crippen LogP contribution in [0.25, 0.3) is 6.08 Å². The molecule has 0 saturated heterocycles. The summed E-state index contributed by atoms with van der Waals surface area (Å²) in [5.74, 6) is 0.560. The van der Waals surface area contributed by atoms with Crippen LogP contribution in [0.3, 0.4) is 0 Å². The second-order valence-corrected chi connectivity index (χ2v) is 6.65. The number of ketones is 1. The molecule has 0 radical (unpaired) electrons. The van der Waals surface area contributed by atoms with Crippen molar-refractivity contribution in [2.75, 3.05) is 0 Å². The average Bonchev–Trinajstić information content (AvgIpc) is 3.48. The minimum atomic E-state index is -0.0528. The molecule has 0 unspecified atom stereocenters. The van der Waals surface area contributed by atoms with Gasteiger partial charge < -0.3 is 4.74 Å². The van der Waals surface area contributed by atoms with Gasteiger partial charge in [0.25, 0.3) is 0 Å². The van der Waals surface area contributed by atoms with E-state index < -0.39 is 0 Å². The number of hydrogen-bond acceptors (Lipinski definition) is 2. The molecule has 0 heterocycles. The van der Waals surface area contributed by atoms with Gasteiger partial charge in [0.05, 0.1) is 5.56 Å². The molecule has 0 spiro atoms. The van der Waals surface area contributed by atoms with Crippen LogP contribution in [-0.4, -0.2) is 5.78 Å². The summed E-state index contributed by atoms with van der Waals surface area (Å²) in [6.07, 6.45) is 3.42. The van der Waals surface area contributed by atoms with Crippen molar-refractivity contribution in [3.8, 4) is 5.75 Å². The molecule has 0 aliphatic rings. The Hall–Kier alpha value is -3.13. The van der Waals surface area contributed by atoms with Crippen molar-refractivity contribution in [2.45, 2.75) is 13.5 Å². The summed E-state index contributed by atoms with van der Waals surface area (Å²) in [5, 5.41) is 0. The molecular weight excluding hydrogens is 412 g/mol. The van der Waals surface area contributed by atoms with Crippen molar-refractivity contribution in [3.63, 3.8) is 0 Å². The van der Waals surface area contributed by atoms with Crippen molar-refractivity contribution in [2.24, 2.45) is 0 Å². The minimum absolute atomic E-state index is 0. The summed E-state index contributed by atoms with van der Waals surface area (Å²) in [6.45, 7) is 2.41. The smallest absolute Gasteiger partial charge is 0.488 e. The molecule has 0 N–H and O–H groups in total. The third-order valence-corrected chi connectivity index (χ3v) is 4.31. The van der Waals surface area contributed by atoms with Gasteiger partial charge in [0.15, 0.2) is 5.78 Å². The van der Waals surface area contributed by atoms with Gasteiger partial charge in [-0.1, -0.05) is 48.0 Å². The molecule has 0 bridgehead atoms. The first-order chi connectivity index (χ1) is 14.2. The van der Waals surface area contributed by atoms with Gasteiger partial charge in [0.1, 0.15) is 12.4 Å². The first-order valence-electron chi connectivity index (χ1n) is 9.60. The normalized spacial score (nSPS) is 10.0. The zero-order valence-electron chi connectivity index (χ0n) is 16.8. The van der Waals surface area contributed by atoms with Crippen molar-refractivity contribution in [1.29, 1.82) is 0 Å². The predicted molar refractivity (Wildman–Crippen MR) is 119 cm³/mol. The molecule has 0 amide bonds. The van der Waals surface area contributed by atoms with Crippen molar-refractivity contribution in [1.82, 2.24) is 0 Å².